The first kappa shape index (κ1) is 17.8. The van der Waals surface area contributed by atoms with Gasteiger partial charge in [-0.3, -0.25) is 9.69 Å². The van der Waals surface area contributed by atoms with E-state index in [1.807, 2.05) is 34.4 Å². The number of nitrogens with zero attached hydrogens (tertiary/aromatic N) is 3. The molecule has 4 rings (SSSR count). The monoisotopic (exact) mass is 389 g/mol. The van der Waals surface area contributed by atoms with Gasteiger partial charge in [-0.05, 0) is 48.6 Å². The molecule has 6 heteroatoms. The minimum Gasteiger partial charge on any atom is -0.368 e. The van der Waals surface area contributed by atoms with Gasteiger partial charge in [0, 0.05) is 54.4 Å². The Bertz CT molecular complexity index is 785. The molecule has 1 amide bonds. The van der Waals surface area contributed by atoms with Gasteiger partial charge in [-0.1, -0.05) is 17.7 Å². The van der Waals surface area contributed by atoms with E-state index in [1.165, 1.54) is 10.4 Å². The smallest absolute Gasteiger partial charge is 0.236 e. The van der Waals surface area contributed by atoms with Gasteiger partial charge in [0.2, 0.25) is 5.91 Å². The summed E-state index contributed by atoms with van der Waals surface area (Å²) in [4.78, 5) is 20.9. The summed E-state index contributed by atoms with van der Waals surface area (Å²) in [5, 5.41) is 2.93. The minimum absolute atomic E-state index is 0.251. The molecule has 0 radical (unpaired) electrons. The van der Waals surface area contributed by atoms with Crippen molar-refractivity contribution in [2.75, 3.05) is 44.2 Å². The number of anilines is 1. The highest BCUT2D eigenvalue weighted by atomic mass is 35.5. The van der Waals surface area contributed by atoms with Crippen LogP contribution in [0.5, 0.6) is 0 Å². The van der Waals surface area contributed by atoms with Crippen molar-refractivity contribution in [2.24, 2.45) is 0 Å². The Balaban J connectivity index is 1.33. The molecule has 0 bridgehead atoms. The summed E-state index contributed by atoms with van der Waals surface area (Å²) in [7, 11) is 0. The standard InChI is InChI=1S/C20H24ClN3OS/c1-15-18-6-12-26-19(18)5-7-24(15)14-20(25)23-10-8-22(9-11-23)17-4-2-3-16(21)13-17/h2-4,6,12-13,15H,5,7-11,14H2,1H3/t15-/m0/s1. The van der Waals surface area contributed by atoms with Crippen molar-refractivity contribution < 1.29 is 4.79 Å². The molecule has 0 N–H and O–H groups in total. The van der Waals surface area contributed by atoms with Gasteiger partial charge >= 0.3 is 0 Å². The Kier molecular flexibility index (Phi) is 5.20. The summed E-state index contributed by atoms with van der Waals surface area (Å²) in [6.07, 6.45) is 1.06. The SMILES string of the molecule is C[C@H]1c2ccsc2CCN1CC(=O)N1CCN(c2cccc(Cl)c2)CC1. The van der Waals surface area contributed by atoms with Crippen LogP contribution >= 0.6 is 22.9 Å². The van der Waals surface area contributed by atoms with Crippen molar-refractivity contribution in [2.45, 2.75) is 19.4 Å². The molecule has 2 aromatic rings. The normalized spacial score (nSPS) is 20.9. The van der Waals surface area contributed by atoms with Crippen LogP contribution in [0.15, 0.2) is 35.7 Å². The molecule has 1 aromatic carbocycles. The van der Waals surface area contributed by atoms with Gasteiger partial charge in [0.05, 0.1) is 6.54 Å². The number of benzene rings is 1. The lowest BCUT2D eigenvalue weighted by atomic mass is 10.0. The Hall–Kier alpha value is -1.56. The molecule has 2 aliphatic rings. The summed E-state index contributed by atoms with van der Waals surface area (Å²) in [6, 6.07) is 10.5. The maximum absolute atomic E-state index is 12.8. The van der Waals surface area contributed by atoms with Crippen molar-refractivity contribution in [1.82, 2.24) is 9.80 Å². The van der Waals surface area contributed by atoms with Crippen molar-refractivity contribution in [3.05, 3.63) is 51.2 Å². The van der Waals surface area contributed by atoms with E-state index in [0.717, 1.165) is 49.9 Å². The maximum atomic E-state index is 12.8. The highest BCUT2D eigenvalue weighted by molar-refractivity contribution is 7.10. The topological polar surface area (TPSA) is 26.8 Å². The van der Waals surface area contributed by atoms with E-state index in [0.29, 0.717) is 12.6 Å². The van der Waals surface area contributed by atoms with Crippen molar-refractivity contribution in [3.8, 4) is 0 Å². The van der Waals surface area contributed by atoms with Crippen molar-refractivity contribution in [3.63, 3.8) is 0 Å². The van der Waals surface area contributed by atoms with Gasteiger partial charge in [-0.2, -0.15) is 0 Å². The summed E-state index contributed by atoms with van der Waals surface area (Å²) < 4.78 is 0. The zero-order chi connectivity index (χ0) is 18.1. The fourth-order valence-corrected chi connectivity index (χ4v) is 5.09. The number of thiophene rings is 1. The lowest BCUT2D eigenvalue weighted by Gasteiger charge is -2.38. The fourth-order valence-electron chi connectivity index (χ4n) is 3.94. The Morgan fingerprint density at radius 2 is 2.00 bits per heavy atom. The number of hydrogen-bond donors (Lipinski definition) is 0. The third kappa shape index (κ3) is 3.61. The van der Waals surface area contributed by atoms with Crippen LogP contribution in [-0.4, -0.2) is 55.0 Å². The largest absolute Gasteiger partial charge is 0.368 e. The predicted octanol–water partition coefficient (Wildman–Crippen LogP) is 3.67. The van der Waals surface area contributed by atoms with E-state index >= 15 is 0 Å². The molecule has 1 saturated heterocycles. The summed E-state index contributed by atoms with van der Waals surface area (Å²) in [5.41, 5.74) is 2.54. The van der Waals surface area contributed by atoms with Crippen LogP contribution in [0.25, 0.3) is 0 Å². The molecule has 138 valence electrons. The lowest BCUT2D eigenvalue weighted by Crippen LogP contribution is -2.52. The molecule has 1 atom stereocenters. The van der Waals surface area contributed by atoms with E-state index in [9.17, 15) is 4.79 Å². The van der Waals surface area contributed by atoms with Crippen LogP contribution in [-0.2, 0) is 11.2 Å². The summed E-state index contributed by atoms with van der Waals surface area (Å²) >= 11 is 7.94. The second kappa shape index (κ2) is 7.59. The molecule has 0 aliphatic carbocycles. The number of fused-ring (bicyclic) bond motifs is 1. The quantitative estimate of drug-likeness (QED) is 0.801. The number of carbonyl (C=O) groups excluding carboxylic acids is 1. The number of hydrogen-bond acceptors (Lipinski definition) is 4. The molecule has 0 saturated carbocycles. The Morgan fingerprint density at radius 1 is 1.19 bits per heavy atom. The van der Waals surface area contributed by atoms with Crippen LogP contribution < -0.4 is 4.90 Å². The van der Waals surface area contributed by atoms with Crippen LogP contribution in [0.3, 0.4) is 0 Å². The third-order valence-corrected chi connectivity index (χ3v) is 6.78. The first-order chi connectivity index (χ1) is 12.6. The maximum Gasteiger partial charge on any atom is 0.236 e. The Labute approximate surface area is 164 Å². The predicted molar refractivity (Wildman–Crippen MR) is 108 cm³/mol. The van der Waals surface area contributed by atoms with Crippen LogP contribution in [0, 0.1) is 0 Å². The third-order valence-electron chi connectivity index (χ3n) is 5.55. The number of amides is 1. The van der Waals surface area contributed by atoms with Crippen LogP contribution in [0.2, 0.25) is 5.02 Å². The molecule has 1 fully saturated rings. The van der Waals surface area contributed by atoms with E-state index in [-0.39, 0.29) is 5.91 Å². The highest BCUT2D eigenvalue weighted by Crippen LogP contribution is 2.32. The van der Waals surface area contributed by atoms with E-state index in [2.05, 4.69) is 34.2 Å². The van der Waals surface area contributed by atoms with Gasteiger partial charge in [0.15, 0.2) is 0 Å². The van der Waals surface area contributed by atoms with E-state index < -0.39 is 0 Å². The summed E-state index contributed by atoms with van der Waals surface area (Å²) in [6.45, 7) is 6.98. The molecule has 26 heavy (non-hydrogen) atoms. The van der Waals surface area contributed by atoms with Crippen molar-refractivity contribution in [1.29, 1.82) is 0 Å². The fraction of sp³-hybridized carbons (Fsp3) is 0.450. The highest BCUT2D eigenvalue weighted by Gasteiger charge is 2.29. The van der Waals surface area contributed by atoms with Crippen molar-refractivity contribution >= 4 is 34.5 Å². The lowest BCUT2D eigenvalue weighted by molar-refractivity contribution is -0.133. The number of rotatable bonds is 3. The molecule has 3 heterocycles. The second-order valence-electron chi connectivity index (χ2n) is 7.04. The number of piperazine rings is 1. The van der Waals surface area contributed by atoms with Crippen LogP contribution in [0.1, 0.15) is 23.4 Å². The molecule has 4 nitrogen and oxygen atoms in total. The minimum atomic E-state index is 0.251. The molecule has 2 aliphatic heterocycles. The van der Waals surface area contributed by atoms with Gasteiger partial charge in [0.1, 0.15) is 0 Å². The van der Waals surface area contributed by atoms with Gasteiger partial charge in [-0.15, -0.1) is 11.3 Å². The molecular weight excluding hydrogens is 366 g/mol. The zero-order valence-corrected chi connectivity index (χ0v) is 16.6. The molecular formula is C20H24ClN3OS. The first-order valence-corrected chi connectivity index (χ1v) is 10.5. The summed E-state index contributed by atoms with van der Waals surface area (Å²) in [5.74, 6) is 0.251. The Morgan fingerprint density at radius 3 is 2.77 bits per heavy atom. The molecule has 0 unspecified atom stereocenters. The zero-order valence-electron chi connectivity index (χ0n) is 15.0. The molecule has 1 aromatic heterocycles. The average molecular weight is 390 g/mol. The first-order valence-electron chi connectivity index (χ1n) is 9.20. The number of halogens is 1. The van der Waals surface area contributed by atoms with Gasteiger partial charge in [-0.25, -0.2) is 0 Å². The van der Waals surface area contributed by atoms with Gasteiger partial charge in [0.25, 0.3) is 0 Å². The van der Waals surface area contributed by atoms with Gasteiger partial charge < -0.3 is 9.80 Å². The van der Waals surface area contributed by atoms with Crippen LogP contribution in [0.4, 0.5) is 5.69 Å². The number of carbonyl (C=O) groups is 1. The average Bonchev–Trinajstić information content (AvgIpc) is 3.14. The van der Waals surface area contributed by atoms with E-state index in [4.69, 9.17) is 11.6 Å². The molecule has 0 spiro atoms. The second-order valence-corrected chi connectivity index (χ2v) is 8.48. The van der Waals surface area contributed by atoms with E-state index in [1.54, 1.807) is 0 Å².